The molecule has 1 rings (SSSR count). The van der Waals surface area contributed by atoms with E-state index in [1.54, 1.807) is 7.11 Å². The van der Waals surface area contributed by atoms with Gasteiger partial charge in [-0.15, -0.1) is 0 Å². The molecule has 1 heterocycles. The van der Waals surface area contributed by atoms with E-state index in [4.69, 9.17) is 4.74 Å². The highest BCUT2D eigenvalue weighted by Gasteiger charge is 2.05. The predicted molar refractivity (Wildman–Crippen MR) is 62.4 cm³/mol. The molecule has 0 aliphatic heterocycles. The molecule has 2 N–H and O–H groups in total. The fourth-order valence-electron chi connectivity index (χ4n) is 1.36. The van der Waals surface area contributed by atoms with Crippen molar-refractivity contribution in [3.63, 3.8) is 0 Å². The van der Waals surface area contributed by atoms with Gasteiger partial charge in [-0.25, -0.2) is 4.98 Å². The summed E-state index contributed by atoms with van der Waals surface area (Å²) in [6.07, 6.45) is 0.670. The number of H-pyrrole nitrogens is 1. The lowest BCUT2D eigenvalue weighted by molar-refractivity contribution is 0.117. The van der Waals surface area contributed by atoms with E-state index in [0.717, 1.165) is 12.2 Å². The van der Waals surface area contributed by atoms with E-state index in [2.05, 4.69) is 15.3 Å². The maximum absolute atomic E-state index is 11.4. The zero-order valence-corrected chi connectivity index (χ0v) is 10.0. The molecule has 0 aliphatic carbocycles. The van der Waals surface area contributed by atoms with Crippen molar-refractivity contribution in [1.29, 1.82) is 0 Å². The van der Waals surface area contributed by atoms with Crippen LogP contribution in [0.4, 0.5) is 0 Å². The lowest BCUT2D eigenvalue weighted by Gasteiger charge is -2.09. The van der Waals surface area contributed by atoms with Gasteiger partial charge in [0.25, 0.3) is 5.56 Å². The molecule has 1 unspecified atom stereocenters. The number of methoxy groups -OCH3 is 1. The Kier molecular flexibility index (Phi) is 5.14. The number of aromatic amines is 1. The van der Waals surface area contributed by atoms with Crippen LogP contribution >= 0.6 is 0 Å². The molecular weight excluding hydrogens is 206 g/mol. The number of hydrogen-bond acceptors (Lipinski definition) is 4. The van der Waals surface area contributed by atoms with Crippen molar-refractivity contribution in [3.05, 3.63) is 27.9 Å². The van der Waals surface area contributed by atoms with Gasteiger partial charge in [-0.05, 0) is 13.5 Å². The second-order valence-electron chi connectivity index (χ2n) is 3.71. The molecule has 16 heavy (non-hydrogen) atoms. The molecule has 0 saturated heterocycles. The standard InChI is InChI=1S/C11H19N3O2/c1-4-12-7-9-6-11(15)14-10(13-9)5-8(2)16-3/h6,8,12H,4-5,7H2,1-3H3,(H,13,14,15). The van der Waals surface area contributed by atoms with Gasteiger partial charge in [0.05, 0.1) is 11.8 Å². The second-order valence-corrected chi connectivity index (χ2v) is 3.71. The molecule has 0 aromatic carbocycles. The van der Waals surface area contributed by atoms with Gasteiger partial charge in [-0.2, -0.15) is 0 Å². The molecule has 0 amide bonds. The van der Waals surface area contributed by atoms with Crippen molar-refractivity contribution >= 4 is 0 Å². The Morgan fingerprint density at radius 1 is 1.62 bits per heavy atom. The molecule has 0 bridgehead atoms. The van der Waals surface area contributed by atoms with Gasteiger partial charge < -0.3 is 15.0 Å². The fraction of sp³-hybridized carbons (Fsp3) is 0.636. The highest BCUT2D eigenvalue weighted by molar-refractivity contribution is 5.03. The summed E-state index contributed by atoms with van der Waals surface area (Å²) in [7, 11) is 1.64. The van der Waals surface area contributed by atoms with Crippen LogP contribution < -0.4 is 10.9 Å². The van der Waals surface area contributed by atoms with Crippen LogP contribution in [0, 0.1) is 0 Å². The maximum atomic E-state index is 11.4. The number of ether oxygens (including phenoxy) is 1. The van der Waals surface area contributed by atoms with Gasteiger partial charge in [0, 0.05) is 26.1 Å². The molecule has 1 atom stereocenters. The molecule has 1 aromatic heterocycles. The summed E-state index contributed by atoms with van der Waals surface area (Å²) in [5.74, 6) is 0.676. The summed E-state index contributed by atoms with van der Waals surface area (Å²) in [6.45, 7) is 5.44. The zero-order valence-electron chi connectivity index (χ0n) is 10.0. The Balaban J connectivity index is 2.77. The topological polar surface area (TPSA) is 67.0 Å². The van der Waals surface area contributed by atoms with Crippen LogP contribution in [-0.2, 0) is 17.7 Å². The van der Waals surface area contributed by atoms with E-state index >= 15 is 0 Å². The van der Waals surface area contributed by atoms with E-state index < -0.39 is 0 Å². The van der Waals surface area contributed by atoms with Crippen molar-refractivity contribution in [2.24, 2.45) is 0 Å². The van der Waals surface area contributed by atoms with Crippen LogP contribution in [0.2, 0.25) is 0 Å². The smallest absolute Gasteiger partial charge is 0.251 e. The summed E-state index contributed by atoms with van der Waals surface area (Å²) in [5.41, 5.74) is 0.658. The number of rotatable bonds is 6. The zero-order chi connectivity index (χ0) is 12.0. The van der Waals surface area contributed by atoms with Gasteiger partial charge in [0.2, 0.25) is 0 Å². The largest absolute Gasteiger partial charge is 0.381 e. The summed E-state index contributed by atoms with van der Waals surface area (Å²) < 4.78 is 5.14. The lowest BCUT2D eigenvalue weighted by Crippen LogP contribution is -2.21. The van der Waals surface area contributed by atoms with Gasteiger partial charge in [0.1, 0.15) is 5.82 Å². The van der Waals surface area contributed by atoms with E-state index in [0.29, 0.717) is 18.8 Å². The van der Waals surface area contributed by atoms with Crippen molar-refractivity contribution in [2.75, 3.05) is 13.7 Å². The first-order valence-corrected chi connectivity index (χ1v) is 5.48. The summed E-state index contributed by atoms with van der Waals surface area (Å²) >= 11 is 0. The summed E-state index contributed by atoms with van der Waals surface area (Å²) in [5, 5.41) is 3.14. The van der Waals surface area contributed by atoms with Crippen LogP contribution in [-0.4, -0.2) is 29.7 Å². The van der Waals surface area contributed by atoms with Crippen LogP contribution in [0.25, 0.3) is 0 Å². The Bertz CT molecular complexity index is 376. The average molecular weight is 225 g/mol. The van der Waals surface area contributed by atoms with Crippen LogP contribution in [0.3, 0.4) is 0 Å². The molecule has 5 nitrogen and oxygen atoms in total. The van der Waals surface area contributed by atoms with E-state index in [-0.39, 0.29) is 11.7 Å². The first-order valence-electron chi connectivity index (χ1n) is 5.48. The normalized spacial score (nSPS) is 12.7. The van der Waals surface area contributed by atoms with Crippen molar-refractivity contribution in [3.8, 4) is 0 Å². The SMILES string of the molecule is CCNCc1cc(=O)[nH]c(CC(C)OC)n1. The van der Waals surface area contributed by atoms with Gasteiger partial charge >= 0.3 is 0 Å². The highest BCUT2D eigenvalue weighted by Crippen LogP contribution is 1.99. The van der Waals surface area contributed by atoms with Crippen LogP contribution in [0.1, 0.15) is 25.4 Å². The quantitative estimate of drug-likeness (QED) is 0.738. The minimum Gasteiger partial charge on any atom is -0.381 e. The van der Waals surface area contributed by atoms with Gasteiger partial charge in [-0.3, -0.25) is 4.79 Å². The lowest BCUT2D eigenvalue weighted by atomic mass is 10.2. The molecule has 5 heteroatoms. The number of hydrogen-bond donors (Lipinski definition) is 2. The van der Waals surface area contributed by atoms with E-state index in [1.165, 1.54) is 6.07 Å². The first-order chi connectivity index (χ1) is 7.65. The second kappa shape index (κ2) is 6.40. The van der Waals surface area contributed by atoms with Crippen LogP contribution in [0.15, 0.2) is 10.9 Å². The molecule has 1 aromatic rings. The third-order valence-electron chi connectivity index (χ3n) is 2.28. The molecule has 90 valence electrons. The first kappa shape index (κ1) is 12.9. The number of nitrogens with zero attached hydrogens (tertiary/aromatic N) is 1. The molecule has 0 radical (unpaired) electrons. The molecule has 0 spiro atoms. The number of nitrogens with one attached hydrogen (secondary N) is 2. The molecular formula is C11H19N3O2. The Morgan fingerprint density at radius 2 is 2.38 bits per heavy atom. The van der Waals surface area contributed by atoms with Crippen molar-refractivity contribution < 1.29 is 4.74 Å². The summed E-state index contributed by atoms with van der Waals surface area (Å²) in [6, 6.07) is 1.52. The number of aromatic nitrogens is 2. The maximum Gasteiger partial charge on any atom is 0.251 e. The van der Waals surface area contributed by atoms with Gasteiger partial charge in [0.15, 0.2) is 0 Å². The highest BCUT2D eigenvalue weighted by atomic mass is 16.5. The third-order valence-corrected chi connectivity index (χ3v) is 2.28. The average Bonchev–Trinajstić information content (AvgIpc) is 2.25. The minimum atomic E-state index is -0.110. The Morgan fingerprint density at radius 3 is 3.00 bits per heavy atom. The molecule has 0 saturated carbocycles. The van der Waals surface area contributed by atoms with Crippen LogP contribution in [0.5, 0.6) is 0 Å². The van der Waals surface area contributed by atoms with Crippen molar-refractivity contribution in [1.82, 2.24) is 15.3 Å². The predicted octanol–water partition coefficient (Wildman–Crippen LogP) is 0.457. The Hall–Kier alpha value is -1.20. The van der Waals surface area contributed by atoms with E-state index in [9.17, 15) is 4.79 Å². The fourth-order valence-corrected chi connectivity index (χ4v) is 1.36. The van der Waals surface area contributed by atoms with Gasteiger partial charge in [-0.1, -0.05) is 6.92 Å². The third kappa shape index (κ3) is 4.12. The monoisotopic (exact) mass is 225 g/mol. The molecule has 0 aliphatic rings. The van der Waals surface area contributed by atoms with Crippen molar-refractivity contribution in [2.45, 2.75) is 32.9 Å². The minimum absolute atomic E-state index is 0.0533. The Labute approximate surface area is 95.3 Å². The summed E-state index contributed by atoms with van der Waals surface area (Å²) in [4.78, 5) is 18.5. The molecule has 0 fully saturated rings. The van der Waals surface area contributed by atoms with E-state index in [1.807, 2.05) is 13.8 Å².